The largest absolute Gasteiger partial charge is 0.350 e. The first-order chi connectivity index (χ1) is 16.6. The van der Waals surface area contributed by atoms with E-state index >= 15 is 0 Å². The topological polar surface area (TPSA) is 86.8 Å². The number of halogens is 2. The minimum atomic E-state index is -3.55. The standard InChI is InChI=1S/C26H35Cl2N3O4S/c1-18-12-14-20(15-13-18)31(36(6,34)35)16-8-11-24(32)30(19(2)25(33)29-26(3,4)5)17-21-22(27)9-7-10-23(21)28/h7,9-10,12-15,19H,8,11,16-17H2,1-6H3,(H,29,33). The minimum Gasteiger partial charge on any atom is -0.350 e. The third-order valence-corrected chi connectivity index (χ3v) is 7.43. The van der Waals surface area contributed by atoms with Crippen LogP contribution in [0.3, 0.4) is 0 Å². The lowest BCUT2D eigenvalue weighted by atomic mass is 10.1. The molecule has 0 spiro atoms. The molecular weight excluding hydrogens is 521 g/mol. The molecule has 2 rings (SSSR count). The molecule has 1 unspecified atom stereocenters. The van der Waals surface area contributed by atoms with Crippen LogP contribution in [0.5, 0.6) is 0 Å². The molecule has 0 fully saturated rings. The van der Waals surface area contributed by atoms with Crippen LogP contribution in [0.4, 0.5) is 5.69 Å². The van der Waals surface area contributed by atoms with Crippen molar-refractivity contribution in [2.75, 3.05) is 17.1 Å². The molecule has 0 bridgehead atoms. The third-order valence-electron chi connectivity index (χ3n) is 5.53. The molecular formula is C26H35Cl2N3O4S. The van der Waals surface area contributed by atoms with Crippen molar-refractivity contribution in [3.63, 3.8) is 0 Å². The fraction of sp³-hybridized carbons (Fsp3) is 0.462. The van der Waals surface area contributed by atoms with E-state index in [9.17, 15) is 18.0 Å². The number of hydrogen-bond acceptors (Lipinski definition) is 4. The molecule has 0 aliphatic carbocycles. The van der Waals surface area contributed by atoms with E-state index in [1.54, 1.807) is 37.3 Å². The highest BCUT2D eigenvalue weighted by molar-refractivity contribution is 7.92. The van der Waals surface area contributed by atoms with Gasteiger partial charge in [-0.1, -0.05) is 47.0 Å². The summed E-state index contributed by atoms with van der Waals surface area (Å²) in [5.41, 5.74) is 1.61. The van der Waals surface area contributed by atoms with Gasteiger partial charge in [-0.3, -0.25) is 13.9 Å². The lowest BCUT2D eigenvalue weighted by Crippen LogP contribution is -2.52. The highest BCUT2D eigenvalue weighted by Gasteiger charge is 2.29. The van der Waals surface area contributed by atoms with Crippen molar-refractivity contribution in [1.82, 2.24) is 10.2 Å². The van der Waals surface area contributed by atoms with Gasteiger partial charge in [-0.2, -0.15) is 0 Å². The summed E-state index contributed by atoms with van der Waals surface area (Å²) in [5.74, 6) is -0.614. The summed E-state index contributed by atoms with van der Waals surface area (Å²) < 4.78 is 26.1. The molecule has 0 heterocycles. The second-order valence-electron chi connectivity index (χ2n) is 9.91. The van der Waals surface area contributed by atoms with E-state index < -0.39 is 21.6 Å². The number of benzene rings is 2. The first-order valence-electron chi connectivity index (χ1n) is 11.7. The van der Waals surface area contributed by atoms with Crippen molar-refractivity contribution < 1.29 is 18.0 Å². The molecule has 0 radical (unpaired) electrons. The lowest BCUT2D eigenvalue weighted by molar-refractivity contribution is -0.141. The summed E-state index contributed by atoms with van der Waals surface area (Å²) in [4.78, 5) is 27.8. The molecule has 2 amide bonds. The van der Waals surface area contributed by atoms with E-state index in [2.05, 4.69) is 5.32 Å². The van der Waals surface area contributed by atoms with Gasteiger partial charge in [0, 0.05) is 40.7 Å². The zero-order chi connectivity index (χ0) is 27.3. The predicted octanol–water partition coefficient (Wildman–Crippen LogP) is 5.18. The highest BCUT2D eigenvalue weighted by atomic mass is 35.5. The summed E-state index contributed by atoms with van der Waals surface area (Å²) in [6.07, 6.45) is 1.44. The van der Waals surface area contributed by atoms with Crippen molar-refractivity contribution in [2.24, 2.45) is 0 Å². The van der Waals surface area contributed by atoms with Crippen LogP contribution < -0.4 is 9.62 Å². The number of anilines is 1. The van der Waals surface area contributed by atoms with Gasteiger partial charge in [0.1, 0.15) is 6.04 Å². The van der Waals surface area contributed by atoms with E-state index in [0.29, 0.717) is 21.3 Å². The lowest BCUT2D eigenvalue weighted by Gasteiger charge is -2.32. The number of amides is 2. The first-order valence-corrected chi connectivity index (χ1v) is 14.3. The van der Waals surface area contributed by atoms with Crippen LogP contribution >= 0.6 is 23.2 Å². The molecule has 0 saturated heterocycles. The molecule has 2 aromatic rings. The number of nitrogens with one attached hydrogen (secondary N) is 1. The number of carbonyl (C=O) groups excluding carboxylic acids is 2. The quantitative estimate of drug-likeness (QED) is 0.437. The fourth-order valence-electron chi connectivity index (χ4n) is 3.63. The number of aryl methyl sites for hydroxylation is 1. The number of nitrogens with zero attached hydrogens (tertiary/aromatic N) is 2. The van der Waals surface area contributed by atoms with Gasteiger partial charge in [-0.25, -0.2) is 8.42 Å². The van der Waals surface area contributed by atoms with Gasteiger partial charge in [-0.15, -0.1) is 0 Å². The molecule has 7 nitrogen and oxygen atoms in total. The molecule has 36 heavy (non-hydrogen) atoms. The molecule has 10 heteroatoms. The van der Waals surface area contributed by atoms with Crippen LogP contribution in [0.2, 0.25) is 10.0 Å². The van der Waals surface area contributed by atoms with Crippen LogP contribution in [-0.4, -0.2) is 49.5 Å². The number of sulfonamides is 1. The summed E-state index contributed by atoms with van der Waals surface area (Å²) in [6, 6.07) is 11.4. The van der Waals surface area contributed by atoms with E-state index in [1.807, 2.05) is 39.8 Å². The zero-order valence-corrected chi connectivity index (χ0v) is 24.0. The molecule has 198 valence electrons. The van der Waals surface area contributed by atoms with E-state index in [0.717, 1.165) is 11.8 Å². The maximum Gasteiger partial charge on any atom is 0.242 e. The Morgan fingerprint density at radius 1 is 1.03 bits per heavy atom. The van der Waals surface area contributed by atoms with Gasteiger partial charge >= 0.3 is 0 Å². The Morgan fingerprint density at radius 2 is 1.58 bits per heavy atom. The van der Waals surface area contributed by atoms with Crippen LogP contribution in [0.15, 0.2) is 42.5 Å². The van der Waals surface area contributed by atoms with Crippen molar-refractivity contribution in [3.05, 3.63) is 63.6 Å². The number of hydrogen-bond donors (Lipinski definition) is 1. The zero-order valence-electron chi connectivity index (χ0n) is 21.6. The first kappa shape index (κ1) is 29.9. The average Bonchev–Trinajstić information content (AvgIpc) is 2.75. The fourth-order valence-corrected chi connectivity index (χ4v) is 5.11. The molecule has 2 aromatic carbocycles. The highest BCUT2D eigenvalue weighted by Crippen LogP contribution is 2.27. The normalized spacial score (nSPS) is 12.7. The van der Waals surface area contributed by atoms with Crippen molar-refractivity contribution in [1.29, 1.82) is 0 Å². The maximum atomic E-state index is 13.4. The minimum absolute atomic E-state index is 0.0348. The second kappa shape index (κ2) is 12.3. The van der Waals surface area contributed by atoms with Gasteiger partial charge in [0.2, 0.25) is 21.8 Å². The molecule has 1 atom stereocenters. The maximum absolute atomic E-state index is 13.4. The third kappa shape index (κ3) is 8.68. The van der Waals surface area contributed by atoms with Crippen molar-refractivity contribution in [2.45, 2.75) is 65.6 Å². The summed E-state index contributed by atoms with van der Waals surface area (Å²) in [5, 5.41) is 3.69. The Kier molecular flexibility index (Phi) is 10.2. The summed E-state index contributed by atoms with van der Waals surface area (Å²) >= 11 is 12.7. The van der Waals surface area contributed by atoms with E-state index in [-0.39, 0.29) is 37.7 Å². The molecule has 0 saturated carbocycles. The monoisotopic (exact) mass is 555 g/mol. The van der Waals surface area contributed by atoms with Crippen LogP contribution in [-0.2, 0) is 26.2 Å². The SMILES string of the molecule is Cc1ccc(N(CCCC(=O)N(Cc2c(Cl)cccc2Cl)C(C)C(=O)NC(C)(C)C)S(C)(=O)=O)cc1. The summed E-state index contributed by atoms with van der Waals surface area (Å²) in [6.45, 7) is 9.32. The van der Waals surface area contributed by atoms with Gasteiger partial charge in [0.15, 0.2) is 0 Å². The summed E-state index contributed by atoms with van der Waals surface area (Å²) in [7, 11) is -3.55. The molecule has 0 aromatic heterocycles. The Balaban J connectivity index is 2.24. The Bertz CT molecular complexity index is 1160. The van der Waals surface area contributed by atoms with Crippen molar-refractivity contribution in [3.8, 4) is 0 Å². The Hall–Kier alpha value is -2.29. The second-order valence-corrected chi connectivity index (χ2v) is 12.6. The molecule has 0 aliphatic rings. The van der Waals surface area contributed by atoms with E-state index in [1.165, 1.54) is 9.21 Å². The Labute approximate surface area is 224 Å². The molecule has 0 aliphatic heterocycles. The van der Waals surface area contributed by atoms with Gasteiger partial charge in [-0.05, 0) is 65.3 Å². The van der Waals surface area contributed by atoms with Crippen LogP contribution in [0, 0.1) is 6.92 Å². The van der Waals surface area contributed by atoms with Crippen LogP contribution in [0.25, 0.3) is 0 Å². The van der Waals surface area contributed by atoms with Crippen LogP contribution in [0.1, 0.15) is 51.7 Å². The smallest absolute Gasteiger partial charge is 0.242 e. The number of rotatable bonds is 10. The van der Waals surface area contributed by atoms with Gasteiger partial charge in [0.05, 0.1) is 11.9 Å². The number of carbonyl (C=O) groups is 2. The Morgan fingerprint density at radius 3 is 2.08 bits per heavy atom. The van der Waals surface area contributed by atoms with Gasteiger partial charge < -0.3 is 10.2 Å². The van der Waals surface area contributed by atoms with Crippen molar-refractivity contribution >= 4 is 50.7 Å². The molecule has 1 N–H and O–H groups in total. The predicted molar refractivity (Wildman–Crippen MR) is 147 cm³/mol. The average molecular weight is 557 g/mol. The van der Waals surface area contributed by atoms with E-state index in [4.69, 9.17) is 23.2 Å². The van der Waals surface area contributed by atoms with Gasteiger partial charge in [0.25, 0.3) is 0 Å².